The average molecular weight is 393 g/mol. The first-order valence-corrected chi connectivity index (χ1v) is 9.34. The molecule has 0 aliphatic rings. The second-order valence-electron chi connectivity index (χ2n) is 6.81. The highest BCUT2D eigenvalue weighted by Gasteiger charge is 2.14. The van der Waals surface area contributed by atoms with Gasteiger partial charge >= 0.3 is 5.97 Å². The molecule has 1 amide bonds. The highest BCUT2D eigenvalue weighted by molar-refractivity contribution is 5.80. The van der Waals surface area contributed by atoms with E-state index in [-0.39, 0.29) is 30.9 Å². The highest BCUT2D eigenvalue weighted by Crippen LogP contribution is 2.09. The van der Waals surface area contributed by atoms with Crippen LogP contribution in [-0.2, 0) is 34.3 Å². The van der Waals surface area contributed by atoms with Crippen LogP contribution in [0.3, 0.4) is 0 Å². The van der Waals surface area contributed by atoms with E-state index in [1.165, 1.54) is 9.47 Å². The lowest BCUT2D eigenvalue weighted by molar-refractivity contribution is -0.151. The molecule has 3 rings (SSSR count). The van der Waals surface area contributed by atoms with Gasteiger partial charge in [0.2, 0.25) is 0 Å². The molecule has 0 aliphatic heterocycles. The molecule has 7 nitrogen and oxygen atoms in total. The van der Waals surface area contributed by atoms with Crippen molar-refractivity contribution in [2.75, 3.05) is 13.7 Å². The normalized spacial score (nSPS) is 10.7. The summed E-state index contributed by atoms with van der Waals surface area (Å²) in [5, 5.41) is 0.536. The summed E-state index contributed by atoms with van der Waals surface area (Å²) < 4.78 is 6.54. The standard InChI is InChI=1S/C22H23N3O4/c1-24(14-16-8-4-3-5-9-16)20(26)15-29-21(27)13-12-19-23-18-11-7-6-10-17(18)22(28)25(19)2/h3-11H,12-15H2,1-2H3. The number of carbonyl (C=O) groups excluding carboxylic acids is 2. The van der Waals surface area contributed by atoms with Gasteiger partial charge in [0.05, 0.1) is 17.3 Å². The molecule has 0 spiro atoms. The summed E-state index contributed by atoms with van der Waals surface area (Å²) in [6.07, 6.45) is 0.289. The average Bonchev–Trinajstić information content (AvgIpc) is 2.74. The van der Waals surface area contributed by atoms with Gasteiger partial charge in [-0.2, -0.15) is 0 Å². The molecule has 0 N–H and O–H groups in total. The molecular formula is C22H23N3O4. The molecule has 3 aromatic rings. The minimum absolute atomic E-state index is 0.0360. The minimum Gasteiger partial charge on any atom is -0.456 e. The lowest BCUT2D eigenvalue weighted by Crippen LogP contribution is -2.31. The number of hydrogen-bond acceptors (Lipinski definition) is 5. The quantitative estimate of drug-likeness (QED) is 0.574. The fourth-order valence-corrected chi connectivity index (χ4v) is 2.97. The van der Waals surface area contributed by atoms with Gasteiger partial charge in [0.15, 0.2) is 6.61 Å². The molecule has 0 bridgehead atoms. The van der Waals surface area contributed by atoms with Gasteiger partial charge in [-0.25, -0.2) is 4.98 Å². The van der Waals surface area contributed by atoms with Crippen LogP contribution in [0.4, 0.5) is 0 Å². The number of para-hydroxylation sites is 1. The first-order chi connectivity index (χ1) is 14.0. The van der Waals surface area contributed by atoms with Crippen LogP contribution in [0, 0.1) is 0 Å². The van der Waals surface area contributed by atoms with E-state index in [2.05, 4.69) is 4.98 Å². The zero-order chi connectivity index (χ0) is 20.8. The summed E-state index contributed by atoms with van der Waals surface area (Å²) in [5.41, 5.74) is 1.44. The predicted molar refractivity (Wildman–Crippen MR) is 109 cm³/mol. The maximum absolute atomic E-state index is 12.4. The monoisotopic (exact) mass is 393 g/mol. The summed E-state index contributed by atoms with van der Waals surface area (Å²) in [7, 11) is 3.29. The van der Waals surface area contributed by atoms with Crippen molar-refractivity contribution in [1.82, 2.24) is 14.5 Å². The van der Waals surface area contributed by atoms with Gasteiger partial charge in [-0.3, -0.25) is 19.0 Å². The second kappa shape index (κ2) is 9.14. The van der Waals surface area contributed by atoms with Crippen LogP contribution in [0.2, 0.25) is 0 Å². The van der Waals surface area contributed by atoms with Gasteiger partial charge in [0, 0.05) is 27.1 Å². The summed E-state index contributed by atoms with van der Waals surface area (Å²) in [6.45, 7) is 0.132. The number of ether oxygens (including phenoxy) is 1. The molecule has 1 aromatic heterocycles. The fraction of sp³-hybridized carbons (Fsp3) is 0.273. The summed E-state index contributed by atoms with van der Waals surface area (Å²) in [5.74, 6) is -0.287. The van der Waals surface area contributed by atoms with Gasteiger partial charge in [-0.05, 0) is 17.7 Å². The highest BCUT2D eigenvalue weighted by atomic mass is 16.5. The van der Waals surface area contributed by atoms with E-state index in [1.807, 2.05) is 36.4 Å². The molecule has 0 radical (unpaired) electrons. The number of amides is 1. The third-order valence-corrected chi connectivity index (χ3v) is 4.67. The number of esters is 1. The maximum atomic E-state index is 12.4. The van der Waals surface area contributed by atoms with Gasteiger partial charge in [0.25, 0.3) is 11.5 Å². The SMILES string of the molecule is CN(Cc1ccccc1)C(=O)COC(=O)CCc1nc2ccccc2c(=O)n1C. The topological polar surface area (TPSA) is 81.5 Å². The Hall–Kier alpha value is -3.48. The van der Waals surface area contributed by atoms with Crippen molar-refractivity contribution >= 4 is 22.8 Å². The molecular weight excluding hydrogens is 370 g/mol. The zero-order valence-corrected chi connectivity index (χ0v) is 16.5. The lowest BCUT2D eigenvalue weighted by atomic mass is 10.2. The van der Waals surface area contributed by atoms with E-state index < -0.39 is 5.97 Å². The first-order valence-electron chi connectivity index (χ1n) is 9.34. The molecule has 0 unspecified atom stereocenters. The number of hydrogen-bond donors (Lipinski definition) is 0. The van der Waals surface area contributed by atoms with Gasteiger partial charge in [-0.1, -0.05) is 42.5 Å². The number of aryl methyl sites for hydroxylation is 1. The smallest absolute Gasteiger partial charge is 0.306 e. The number of aromatic nitrogens is 2. The summed E-state index contributed by atoms with van der Waals surface area (Å²) in [6, 6.07) is 16.7. The second-order valence-corrected chi connectivity index (χ2v) is 6.81. The van der Waals surface area contributed by atoms with Crippen molar-refractivity contribution in [3.63, 3.8) is 0 Å². The Balaban J connectivity index is 1.52. The van der Waals surface area contributed by atoms with Gasteiger partial charge in [-0.15, -0.1) is 0 Å². The van der Waals surface area contributed by atoms with E-state index in [1.54, 1.807) is 32.3 Å². The molecule has 0 atom stereocenters. The Labute approximate surface area is 168 Å². The van der Waals surface area contributed by atoms with Crippen LogP contribution in [0.15, 0.2) is 59.4 Å². The van der Waals surface area contributed by atoms with Crippen molar-refractivity contribution in [3.05, 3.63) is 76.3 Å². The van der Waals surface area contributed by atoms with Crippen LogP contribution < -0.4 is 5.56 Å². The van der Waals surface area contributed by atoms with Crippen LogP contribution in [0.5, 0.6) is 0 Å². The fourth-order valence-electron chi connectivity index (χ4n) is 2.97. The van der Waals surface area contributed by atoms with Crippen LogP contribution in [-0.4, -0.2) is 40.0 Å². The number of carbonyl (C=O) groups is 2. The van der Waals surface area contributed by atoms with Gasteiger partial charge < -0.3 is 9.64 Å². The molecule has 0 fully saturated rings. The summed E-state index contributed by atoms with van der Waals surface area (Å²) >= 11 is 0. The molecule has 150 valence electrons. The maximum Gasteiger partial charge on any atom is 0.306 e. The Kier molecular flexibility index (Phi) is 6.39. The zero-order valence-electron chi connectivity index (χ0n) is 16.5. The van der Waals surface area contributed by atoms with Crippen molar-refractivity contribution in [1.29, 1.82) is 0 Å². The Bertz CT molecular complexity index is 1080. The third-order valence-electron chi connectivity index (χ3n) is 4.67. The van der Waals surface area contributed by atoms with Crippen LogP contribution in [0.1, 0.15) is 17.8 Å². The van der Waals surface area contributed by atoms with Crippen molar-refractivity contribution in [2.24, 2.45) is 7.05 Å². The predicted octanol–water partition coefficient (Wildman–Crippen LogP) is 2.07. The Morgan fingerprint density at radius 1 is 1.07 bits per heavy atom. The van der Waals surface area contributed by atoms with Crippen molar-refractivity contribution in [3.8, 4) is 0 Å². The Morgan fingerprint density at radius 2 is 1.76 bits per heavy atom. The molecule has 7 heteroatoms. The van der Waals surface area contributed by atoms with E-state index in [4.69, 9.17) is 4.74 Å². The number of fused-ring (bicyclic) bond motifs is 1. The van der Waals surface area contributed by atoms with E-state index in [9.17, 15) is 14.4 Å². The van der Waals surface area contributed by atoms with E-state index in [0.29, 0.717) is 23.3 Å². The molecule has 2 aromatic carbocycles. The van der Waals surface area contributed by atoms with E-state index in [0.717, 1.165) is 5.56 Å². The Morgan fingerprint density at radius 3 is 2.52 bits per heavy atom. The molecule has 0 saturated heterocycles. The van der Waals surface area contributed by atoms with Crippen molar-refractivity contribution < 1.29 is 14.3 Å². The number of likely N-dealkylation sites (N-methyl/N-ethyl adjacent to an activating group) is 1. The molecule has 0 aliphatic carbocycles. The third kappa shape index (κ3) is 5.07. The lowest BCUT2D eigenvalue weighted by Gasteiger charge is -2.17. The summed E-state index contributed by atoms with van der Waals surface area (Å²) in [4.78, 5) is 42.6. The molecule has 1 heterocycles. The largest absolute Gasteiger partial charge is 0.456 e. The van der Waals surface area contributed by atoms with Crippen molar-refractivity contribution in [2.45, 2.75) is 19.4 Å². The number of nitrogens with zero attached hydrogens (tertiary/aromatic N) is 3. The van der Waals surface area contributed by atoms with E-state index >= 15 is 0 Å². The van der Waals surface area contributed by atoms with Gasteiger partial charge in [0.1, 0.15) is 5.82 Å². The van der Waals surface area contributed by atoms with Crippen LogP contribution in [0.25, 0.3) is 10.9 Å². The first kappa shape index (κ1) is 20.3. The number of benzene rings is 2. The molecule has 29 heavy (non-hydrogen) atoms. The number of rotatable bonds is 7. The minimum atomic E-state index is -0.506. The van der Waals surface area contributed by atoms with Crippen LogP contribution >= 0.6 is 0 Å². The molecule has 0 saturated carbocycles.